The smallest absolute Gasteiger partial charge is 0.341 e. The molecule has 10 heteroatoms. The number of halogens is 1. The number of hydrogen-bond acceptors (Lipinski definition) is 6. The van der Waals surface area contributed by atoms with Crippen LogP contribution in [0.4, 0.5) is 10.7 Å². The Morgan fingerprint density at radius 2 is 1.90 bits per heavy atom. The molecule has 0 saturated carbocycles. The van der Waals surface area contributed by atoms with Gasteiger partial charge >= 0.3 is 6.03 Å². The maximum atomic E-state index is 12.9. The normalized spacial score (nSPS) is 18.6. The lowest BCUT2D eigenvalue weighted by Crippen LogP contribution is -2.48. The van der Waals surface area contributed by atoms with Gasteiger partial charge < -0.3 is 10.2 Å². The number of hydrazine groups is 1. The monoisotopic (exact) mass is 416 g/mol. The first-order valence-electron chi connectivity index (χ1n) is 9.12. The van der Waals surface area contributed by atoms with E-state index >= 15 is 0 Å². The van der Waals surface area contributed by atoms with Gasteiger partial charge in [0.05, 0.1) is 11.2 Å². The number of carbonyl (C=O) groups is 3. The highest BCUT2D eigenvalue weighted by Crippen LogP contribution is 2.28. The standard InChI is InChI=1S/C19H21ClN6O3/c1-4-25(5-2)17-21-11-13(20)14(22-17)15(27)24-26-16(28)19(3,23-18(26)29)12-9-7-6-8-10-12/h6-11H,4-5H2,1-3H3,(H,23,29)(H,24,27). The van der Waals surface area contributed by atoms with Crippen LogP contribution < -0.4 is 15.6 Å². The summed E-state index contributed by atoms with van der Waals surface area (Å²) in [6, 6.07) is 8.03. The van der Waals surface area contributed by atoms with E-state index in [-0.39, 0.29) is 10.7 Å². The van der Waals surface area contributed by atoms with E-state index < -0.39 is 23.4 Å². The predicted molar refractivity (Wildman–Crippen MR) is 107 cm³/mol. The van der Waals surface area contributed by atoms with Gasteiger partial charge in [-0.05, 0) is 26.3 Å². The molecule has 1 unspecified atom stereocenters. The summed E-state index contributed by atoms with van der Waals surface area (Å²) in [7, 11) is 0. The lowest BCUT2D eigenvalue weighted by Gasteiger charge is -2.22. The molecule has 0 radical (unpaired) electrons. The number of benzene rings is 1. The molecule has 2 N–H and O–H groups in total. The highest BCUT2D eigenvalue weighted by Gasteiger charge is 2.50. The van der Waals surface area contributed by atoms with Crippen LogP contribution in [0.5, 0.6) is 0 Å². The molecule has 1 fully saturated rings. The minimum atomic E-state index is -1.30. The molecule has 1 aliphatic rings. The van der Waals surface area contributed by atoms with Crippen molar-refractivity contribution in [2.75, 3.05) is 18.0 Å². The molecule has 1 saturated heterocycles. The number of aromatic nitrogens is 2. The zero-order valence-electron chi connectivity index (χ0n) is 16.3. The van der Waals surface area contributed by atoms with Crippen molar-refractivity contribution in [3.8, 4) is 0 Å². The van der Waals surface area contributed by atoms with Crippen LogP contribution in [0.3, 0.4) is 0 Å². The third-order valence-electron chi connectivity index (χ3n) is 4.75. The third-order valence-corrected chi connectivity index (χ3v) is 5.02. The van der Waals surface area contributed by atoms with Crippen LogP contribution in [-0.4, -0.2) is 45.9 Å². The summed E-state index contributed by atoms with van der Waals surface area (Å²) in [5, 5.41) is 3.27. The highest BCUT2D eigenvalue weighted by molar-refractivity contribution is 6.33. The highest BCUT2D eigenvalue weighted by atomic mass is 35.5. The Kier molecular flexibility index (Phi) is 5.69. The maximum absolute atomic E-state index is 12.9. The Balaban J connectivity index is 1.85. The molecule has 1 aromatic carbocycles. The van der Waals surface area contributed by atoms with Crippen LogP contribution in [0.25, 0.3) is 0 Å². The van der Waals surface area contributed by atoms with Crippen molar-refractivity contribution in [2.24, 2.45) is 0 Å². The largest absolute Gasteiger partial charge is 0.344 e. The third kappa shape index (κ3) is 3.73. The van der Waals surface area contributed by atoms with Crippen molar-refractivity contribution < 1.29 is 14.4 Å². The first-order chi connectivity index (χ1) is 13.8. The van der Waals surface area contributed by atoms with E-state index in [0.29, 0.717) is 29.6 Å². The van der Waals surface area contributed by atoms with Gasteiger partial charge in [-0.1, -0.05) is 41.9 Å². The molecule has 29 heavy (non-hydrogen) atoms. The summed E-state index contributed by atoms with van der Waals surface area (Å²) in [4.78, 5) is 48.2. The molecule has 2 heterocycles. The molecule has 0 aliphatic carbocycles. The minimum Gasteiger partial charge on any atom is -0.341 e. The fourth-order valence-electron chi connectivity index (χ4n) is 3.04. The predicted octanol–water partition coefficient (Wildman–Crippen LogP) is 2.09. The number of amides is 4. The molecular formula is C19H21ClN6O3. The molecule has 3 rings (SSSR count). The van der Waals surface area contributed by atoms with E-state index in [1.165, 1.54) is 6.20 Å². The fraction of sp³-hybridized carbons (Fsp3) is 0.316. The lowest BCUT2D eigenvalue weighted by atomic mass is 9.92. The maximum Gasteiger partial charge on any atom is 0.344 e. The molecule has 9 nitrogen and oxygen atoms in total. The molecule has 152 valence electrons. The Morgan fingerprint density at radius 1 is 1.24 bits per heavy atom. The Bertz CT molecular complexity index is 950. The number of urea groups is 1. The summed E-state index contributed by atoms with van der Waals surface area (Å²) in [5.41, 5.74) is 1.47. The Labute approximate surface area is 173 Å². The summed E-state index contributed by atoms with van der Waals surface area (Å²) in [6.07, 6.45) is 1.32. The molecule has 1 atom stereocenters. The molecule has 1 aliphatic heterocycles. The van der Waals surface area contributed by atoms with E-state index in [0.717, 1.165) is 0 Å². The average Bonchev–Trinajstić information content (AvgIpc) is 2.94. The molecule has 1 aromatic heterocycles. The van der Waals surface area contributed by atoms with Gasteiger partial charge in [0, 0.05) is 13.1 Å². The van der Waals surface area contributed by atoms with Gasteiger partial charge in [0.25, 0.3) is 11.8 Å². The summed E-state index contributed by atoms with van der Waals surface area (Å²) < 4.78 is 0. The van der Waals surface area contributed by atoms with Crippen molar-refractivity contribution >= 4 is 35.4 Å². The number of imide groups is 1. The van der Waals surface area contributed by atoms with Crippen LogP contribution >= 0.6 is 11.6 Å². The molecule has 4 amide bonds. The average molecular weight is 417 g/mol. The second kappa shape index (κ2) is 8.04. The van der Waals surface area contributed by atoms with Crippen LogP contribution in [0.2, 0.25) is 5.02 Å². The first kappa shape index (κ1) is 20.5. The number of rotatable bonds is 6. The molecule has 0 bridgehead atoms. The number of nitrogens with one attached hydrogen (secondary N) is 2. The summed E-state index contributed by atoms with van der Waals surface area (Å²) in [6.45, 7) is 6.71. The van der Waals surface area contributed by atoms with Crippen molar-refractivity contribution in [1.82, 2.24) is 25.7 Å². The number of carbonyl (C=O) groups excluding carboxylic acids is 3. The van der Waals surface area contributed by atoms with Crippen LogP contribution in [0.15, 0.2) is 36.5 Å². The number of nitrogens with zero attached hydrogens (tertiary/aromatic N) is 4. The van der Waals surface area contributed by atoms with E-state index in [1.807, 2.05) is 18.7 Å². The van der Waals surface area contributed by atoms with Gasteiger partial charge in [-0.3, -0.25) is 15.0 Å². The van der Waals surface area contributed by atoms with Gasteiger partial charge in [-0.25, -0.2) is 14.8 Å². The van der Waals surface area contributed by atoms with Crippen LogP contribution in [0.1, 0.15) is 36.8 Å². The van der Waals surface area contributed by atoms with Gasteiger partial charge in [-0.15, -0.1) is 0 Å². The number of anilines is 1. The van der Waals surface area contributed by atoms with E-state index in [9.17, 15) is 14.4 Å². The Morgan fingerprint density at radius 3 is 2.52 bits per heavy atom. The Hall–Kier alpha value is -3.20. The van der Waals surface area contributed by atoms with Gasteiger partial charge in [0.1, 0.15) is 5.54 Å². The zero-order valence-corrected chi connectivity index (χ0v) is 17.0. The van der Waals surface area contributed by atoms with Gasteiger partial charge in [-0.2, -0.15) is 5.01 Å². The second-order valence-corrected chi connectivity index (χ2v) is 6.95. The van der Waals surface area contributed by atoms with Crippen molar-refractivity contribution in [3.05, 3.63) is 52.8 Å². The fourth-order valence-corrected chi connectivity index (χ4v) is 3.21. The van der Waals surface area contributed by atoms with Crippen molar-refractivity contribution in [1.29, 1.82) is 0 Å². The summed E-state index contributed by atoms with van der Waals surface area (Å²) in [5.74, 6) is -1.07. The molecule has 2 aromatic rings. The lowest BCUT2D eigenvalue weighted by molar-refractivity contribution is -0.132. The first-order valence-corrected chi connectivity index (χ1v) is 9.50. The zero-order chi connectivity index (χ0) is 21.2. The minimum absolute atomic E-state index is 0.0104. The second-order valence-electron chi connectivity index (χ2n) is 6.54. The van der Waals surface area contributed by atoms with E-state index in [1.54, 1.807) is 37.3 Å². The van der Waals surface area contributed by atoms with Gasteiger partial charge in [0.15, 0.2) is 5.69 Å². The van der Waals surface area contributed by atoms with Crippen molar-refractivity contribution in [3.63, 3.8) is 0 Å². The van der Waals surface area contributed by atoms with Crippen LogP contribution in [-0.2, 0) is 10.3 Å². The SMILES string of the molecule is CCN(CC)c1ncc(Cl)c(C(=O)NN2C(=O)NC(C)(c3ccccc3)C2=O)n1. The van der Waals surface area contributed by atoms with Crippen LogP contribution in [0, 0.1) is 0 Å². The van der Waals surface area contributed by atoms with Crippen molar-refractivity contribution in [2.45, 2.75) is 26.3 Å². The topological polar surface area (TPSA) is 108 Å². The molecular weight excluding hydrogens is 396 g/mol. The van der Waals surface area contributed by atoms with E-state index in [2.05, 4.69) is 20.7 Å². The van der Waals surface area contributed by atoms with E-state index in [4.69, 9.17) is 11.6 Å². The number of hydrogen-bond donors (Lipinski definition) is 2. The molecule has 0 spiro atoms. The quantitative estimate of drug-likeness (QED) is 0.698. The van der Waals surface area contributed by atoms with Gasteiger partial charge in [0.2, 0.25) is 5.95 Å². The summed E-state index contributed by atoms with van der Waals surface area (Å²) >= 11 is 6.08.